The SMILES string of the molecule is N#Cc1cnc(Oc2ccc(C(=O)N[C@H]3CN4CCC3CC4)cc2)s1. The normalized spacial score (nSPS) is 24.5. The summed E-state index contributed by atoms with van der Waals surface area (Å²) in [4.78, 5) is 19.4. The largest absolute Gasteiger partial charge is 0.431 e. The van der Waals surface area contributed by atoms with Crippen molar-refractivity contribution in [2.45, 2.75) is 18.9 Å². The monoisotopic (exact) mass is 354 g/mol. The van der Waals surface area contributed by atoms with Crippen LogP contribution in [0.15, 0.2) is 30.5 Å². The van der Waals surface area contributed by atoms with Gasteiger partial charge < -0.3 is 15.0 Å². The summed E-state index contributed by atoms with van der Waals surface area (Å²) in [5.74, 6) is 1.17. The quantitative estimate of drug-likeness (QED) is 0.913. The molecule has 1 N–H and O–H groups in total. The molecule has 4 heterocycles. The third-order valence-corrected chi connectivity index (χ3v) is 5.67. The number of carbonyl (C=O) groups excluding carboxylic acids is 1. The molecule has 3 saturated heterocycles. The number of hydrogen-bond acceptors (Lipinski definition) is 6. The molecule has 7 heteroatoms. The first-order chi connectivity index (χ1) is 12.2. The highest BCUT2D eigenvalue weighted by molar-refractivity contribution is 7.13. The predicted molar refractivity (Wildman–Crippen MR) is 93.8 cm³/mol. The smallest absolute Gasteiger partial charge is 0.279 e. The van der Waals surface area contributed by atoms with E-state index in [-0.39, 0.29) is 11.9 Å². The summed E-state index contributed by atoms with van der Waals surface area (Å²) in [5.41, 5.74) is 0.626. The van der Waals surface area contributed by atoms with Crippen molar-refractivity contribution >= 4 is 17.2 Å². The molecule has 1 atom stereocenters. The molecule has 0 saturated carbocycles. The standard InChI is InChI=1S/C18H18N4O2S/c19-9-15-10-20-18(25-15)24-14-3-1-13(2-4-14)17(23)21-16-11-22-7-5-12(16)6-8-22/h1-4,10,12,16H,5-8,11H2,(H,21,23)/t16-/m0/s1. The average Bonchev–Trinajstić information content (AvgIpc) is 3.11. The van der Waals surface area contributed by atoms with E-state index in [0.29, 0.717) is 27.3 Å². The van der Waals surface area contributed by atoms with Crippen molar-refractivity contribution in [1.29, 1.82) is 5.26 Å². The lowest BCUT2D eigenvalue weighted by molar-refractivity contribution is 0.0620. The molecule has 2 aromatic rings. The van der Waals surface area contributed by atoms with Crippen LogP contribution in [0.4, 0.5) is 0 Å². The van der Waals surface area contributed by atoms with E-state index >= 15 is 0 Å². The molecular weight excluding hydrogens is 336 g/mol. The molecular formula is C18H18N4O2S. The van der Waals surface area contributed by atoms with E-state index in [9.17, 15) is 4.79 Å². The minimum absolute atomic E-state index is 0.0358. The van der Waals surface area contributed by atoms with E-state index in [1.165, 1.54) is 30.4 Å². The van der Waals surface area contributed by atoms with Gasteiger partial charge >= 0.3 is 0 Å². The van der Waals surface area contributed by atoms with Gasteiger partial charge in [0.2, 0.25) is 0 Å². The zero-order valence-corrected chi connectivity index (χ0v) is 14.5. The van der Waals surface area contributed by atoms with E-state index in [4.69, 9.17) is 10.00 Å². The van der Waals surface area contributed by atoms with Gasteiger partial charge in [0, 0.05) is 18.2 Å². The number of nitrogens with zero attached hydrogens (tertiary/aromatic N) is 3. The summed E-state index contributed by atoms with van der Waals surface area (Å²) in [7, 11) is 0. The number of aromatic nitrogens is 1. The molecule has 6 nitrogen and oxygen atoms in total. The Morgan fingerprint density at radius 2 is 2.08 bits per heavy atom. The summed E-state index contributed by atoms with van der Waals surface area (Å²) < 4.78 is 5.60. The lowest BCUT2D eigenvalue weighted by Crippen LogP contribution is -2.57. The number of nitriles is 1. The molecule has 3 aliphatic heterocycles. The van der Waals surface area contributed by atoms with Crippen molar-refractivity contribution in [1.82, 2.24) is 15.2 Å². The van der Waals surface area contributed by atoms with Crippen LogP contribution in [0.5, 0.6) is 10.9 Å². The Morgan fingerprint density at radius 3 is 2.68 bits per heavy atom. The van der Waals surface area contributed by atoms with Crippen LogP contribution >= 0.6 is 11.3 Å². The summed E-state index contributed by atoms with van der Waals surface area (Å²) in [6, 6.07) is 9.29. The highest BCUT2D eigenvalue weighted by Gasteiger charge is 2.34. The van der Waals surface area contributed by atoms with Crippen molar-refractivity contribution in [2.75, 3.05) is 19.6 Å². The maximum absolute atomic E-state index is 12.5. The number of carbonyl (C=O) groups is 1. The van der Waals surface area contributed by atoms with Crippen LogP contribution < -0.4 is 10.1 Å². The summed E-state index contributed by atoms with van der Waals surface area (Å²) in [6.07, 6.45) is 3.84. The molecule has 5 rings (SSSR count). The molecule has 0 aliphatic carbocycles. The van der Waals surface area contributed by atoms with Crippen LogP contribution in [-0.2, 0) is 0 Å². The second kappa shape index (κ2) is 6.82. The number of benzene rings is 1. The fraction of sp³-hybridized carbons (Fsp3) is 0.389. The summed E-state index contributed by atoms with van der Waals surface area (Å²) in [5, 5.41) is 12.4. The lowest BCUT2D eigenvalue weighted by atomic mass is 9.84. The molecule has 25 heavy (non-hydrogen) atoms. The Hall–Kier alpha value is -2.43. The number of thiazole rings is 1. The number of nitrogens with one attached hydrogen (secondary N) is 1. The van der Waals surface area contributed by atoms with Crippen LogP contribution in [-0.4, -0.2) is 41.5 Å². The van der Waals surface area contributed by atoms with E-state index in [0.717, 1.165) is 19.6 Å². The van der Waals surface area contributed by atoms with E-state index in [1.807, 2.05) is 6.07 Å². The third-order valence-electron chi connectivity index (χ3n) is 4.89. The van der Waals surface area contributed by atoms with Crippen molar-refractivity contribution in [2.24, 2.45) is 5.92 Å². The highest BCUT2D eigenvalue weighted by atomic mass is 32.1. The van der Waals surface area contributed by atoms with Crippen molar-refractivity contribution in [3.05, 3.63) is 40.9 Å². The Bertz CT molecular complexity index is 803. The average molecular weight is 354 g/mol. The zero-order chi connectivity index (χ0) is 17.2. The van der Waals surface area contributed by atoms with Gasteiger partial charge in [-0.2, -0.15) is 5.26 Å². The minimum atomic E-state index is -0.0358. The van der Waals surface area contributed by atoms with Gasteiger partial charge in [0.25, 0.3) is 11.1 Å². The summed E-state index contributed by atoms with van der Waals surface area (Å²) >= 11 is 1.19. The first kappa shape index (κ1) is 16.1. The van der Waals surface area contributed by atoms with E-state index in [1.54, 1.807) is 24.3 Å². The Balaban J connectivity index is 1.38. The zero-order valence-electron chi connectivity index (χ0n) is 13.6. The number of hydrogen-bond donors (Lipinski definition) is 1. The first-order valence-corrected chi connectivity index (χ1v) is 9.20. The third kappa shape index (κ3) is 3.50. The van der Waals surface area contributed by atoms with Gasteiger partial charge in [0.15, 0.2) is 0 Å². The molecule has 3 aliphatic rings. The topological polar surface area (TPSA) is 78.2 Å². The van der Waals surface area contributed by atoms with E-state index in [2.05, 4.69) is 15.2 Å². The predicted octanol–water partition coefficient (Wildman–Crippen LogP) is 2.63. The van der Waals surface area contributed by atoms with Crippen LogP contribution in [0.25, 0.3) is 0 Å². The Kier molecular flexibility index (Phi) is 4.38. The number of amides is 1. The van der Waals surface area contributed by atoms with Crippen molar-refractivity contribution < 1.29 is 9.53 Å². The Labute approximate surface area is 150 Å². The highest BCUT2D eigenvalue weighted by Crippen LogP contribution is 2.28. The molecule has 128 valence electrons. The molecule has 0 spiro atoms. The molecule has 0 unspecified atom stereocenters. The van der Waals surface area contributed by atoms with Crippen molar-refractivity contribution in [3.63, 3.8) is 0 Å². The second-order valence-electron chi connectivity index (χ2n) is 6.45. The van der Waals surface area contributed by atoms with Gasteiger partial charge in [-0.25, -0.2) is 4.98 Å². The number of ether oxygens (including phenoxy) is 1. The summed E-state index contributed by atoms with van der Waals surface area (Å²) in [6.45, 7) is 3.28. The van der Waals surface area contributed by atoms with Gasteiger partial charge in [0.05, 0.1) is 6.20 Å². The van der Waals surface area contributed by atoms with Gasteiger partial charge in [-0.15, -0.1) is 0 Å². The number of piperidine rings is 3. The minimum Gasteiger partial charge on any atom is -0.431 e. The Morgan fingerprint density at radius 1 is 1.32 bits per heavy atom. The number of fused-ring (bicyclic) bond motifs is 3. The maximum Gasteiger partial charge on any atom is 0.279 e. The van der Waals surface area contributed by atoms with Crippen molar-refractivity contribution in [3.8, 4) is 17.0 Å². The van der Waals surface area contributed by atoms with Gasteiger partial charge in [-0.1, -0.05) is 11.3 Å². The molecule has 3 fully saturated rings. The first-order valence-electron chi connectivity index (χ1n) is 8.38. The van der Waals surface area contributed by atoms with Gasteiger partial charge in [0.1, 0.15) is 16.7 Å². The molecule has 1 aromatic carbocycles. The van der Waals surface area contributed by atoms with Gasteiger partial charge in [-0.3, -0.25) is 4.79 Å². The van der Waals surface area contributed by atoms with Crippen LogP contribution in [0.1, 0.15) is 28.1 Å². The lowest BCUT2D eigenvalue weighted by Gasteiger charge is -2.44. The van der Waals surface area contributed by atoms with Gasteiger partial charge in [-0.05, 0) is 56.1 Å². The molecule has 0 radical (unpaired) electrons. The second-order valence-corrected chi connectivity index (χ2v) is 7.44. The number of rotatable bonds is 4. The molecule has 1 amide bonds. The van der Waals surface area contributed by atoms with Crippen LogP contribution in [0, 0.1) is 17.2 Å². The van der Waals surface area contributed by atoms with E-state index < -0.39 is 0 Å². The molecule has 2 bridgehead atoms. The maximum atomic E-state index is 12.5. The fourth-order valence-corrected chi connectivity index (χ4v) is 4.09. The van der Waals surface area contributed by atoms with Crippen LogP contribution in [0.3, 0.4) is 0 Å². The molecule has 1 aromatic heterocycles. The fourth-order valence-electron chi connectivity index (χ4n) is 3.51. The van der Waals surface area contributed by atoms with Crippen LogP contribution in [0.2, 0.25) is 0 Å².